The van der Waals surface area contributed by atoms with E-state index < -0.39 is 11.5 Å². The topological polar surface area (TPSA) is 111 Å². The van der Waals surface area contributed by atoms with Crippen molar-refractivity contribution in [1.29, 1.82) is 5.26 Å². The first-order valence-corrected chi connectivity index (χ1v) is 15.1. The molecule has 3 N–H and O–H groups in total. The van der Waals surface area contributed by atoms with Gasteiger partial charge in [-0.15, -0.1) is 11.6 Å². The van der Waals surface area contributed by atoms with Gasteiger partial charge in [-0.05, 0) is 55.9 Å². The predicted octanol–water partition coefficient (Wildman–Crippen LogP) is 7.02. The summed E-state index contributed by atoms with van der Waals surface area (Å²) in [5.41, 5.74) is 2.67. The van der Waals surface area contributed by atoms with E-state index in [4.69, 9.17) is 16.3 Å². The van der Waals surface area contributed by atoms with E-state index in [1.807, 2.05) is 7.05 Å². The summed E-state index contributed by atoms with van der Waals surface area (Å²) in [6.07, 6.45) is 14.3. The first-order chi connectivity index (χ1) is 21.3. The molecule has 2 unspecified atom stereocenters. The Kier molecular flexibility index (Phi) is 11.9. The van der Waals surface area contributed by atoms with Crippen LogP contribution >= 0.6 is 11.6 Å². The molecule has 8 nitrogen and oxygen atoms in total. The molecule has 1 heterocycles. The number of nitriles is 1. The van der Waals surface area contributed by atoms with Crippen LogP contribution in [0.25, 0.3) is 10.9 Å². The van der Waals surface area contributed by atoms with Crippen LogP contribution in [0.4, 0.5) is 15.8 Å². The summed E-state index contributed by atoms with van der Waals surface area (Å²) in [4.78, 5) is 19.1. The molecule has 1 aromatic heterocycles. The largest absolute Gasteiger partial charge is 0.506 e. The SMILES string of the molecule is CCCCCCN(C)C/C=C/C(=O)Nc1cc2c(NC3=CC(Cl)C(OCc4cccc(F)c4)C=C3)c(C#N)cnc2cc1O. The summed E-state index contributed by atoms with van der Waals surface area (Å²) < 4.78 is 19.4. The number of carbonyl (C=O) groups is 1. The number of nitrogens with one attached hydrogen (secondary N) is 2. The highest BCUT2D eigenvalue weighted by Crippen LogP contribution is 2.35. The number of fused-ring (bicyclic) bond motifs is 1. The zero-order valence-electron chi connectivity index (χ0n) is 24.9. The van der Waals surface area contributed by atoms with E-state index in [1.165, 1.54) is 49.7 Å². The van der Waals surface area contributed by atoms with Gasteiger partial charge in [0.25, 0.3) is 0 Å². The number of unbranched alkanes of at least 4 members (excludes halogenated alkanes) is 3. The summed E-state index contributed by atoms with van der Waals surface area (Å²) in [6, 6.07) is 11.4. The second-order valence-electron chi connectivity index (χ2n) is 10.7. The number of aromatic nitrogens is 1. The lowest BCUT2D eigenvalue weighted by Crippen LogP contribution is -2.24. The molecule has 1 amide bonds. The number of hydrogen-bond acceptors (Lipinski definition) is 7. The molecule has 0 radical (unpaired) electrons. The van der Waals surface area contributed by atoms with E-state index in [-0.39, 0.29) is 35.3 Å². The fraction of sp³-hybridized carbons (Fsp3) is 0.324. The van der Waals surface area contributed by atoms with Crippen molar-refractivity contribution in [2.75, 3.05) is 30.8 Å². The van der Waals surface area contributed by atoms with Crippen LogP contribution in [0, 0.1) is 17.1 Å². The van der Waals surface area contributed by atoms with Crippen LogP contribution in [-0.4, -0.2) is 52.5 Å². The zero-order valence-corrected chi connectivity index (χ0v) is 25.6. The summed E-state index contributed by atoms with van der Waals surface area (Å²) in [6.45, 7) is 3.97. The molecule has 44 heavy (non-hydrogen) atoms. The van der Waals surface area contributed by atoms with Crippen LogP contribution in [0.3, 0.4) is 0 Å². The van der Waals surface area contributed by atoms with E-state index in [0.717, 1.165) is 13.0 Å². The third-order valence-corrected chi connectivity index (χ3v) is 7.54. The number of likely N-dealkylation sites (N-methyl/N-ethyl adjacent to an activating group) is 1. The van der Waals surface area contributed by atoms with Gasteiger partial charge in [-0.3, -0.25) is 9.78 Å². The molecule has 0 aliphatic heterocycles. The maximum Gasteiger partial charge on any atom is 0.248 e. The number of alkyl halides is 1. The number of phenolic OH excluding ortho intramolecular Hbond substituents is 1. The molecule has 1 aliphatic carbocycles. The molecular weight excluding hydrogens is 581 g/mol. The highest BCUT2D eigenvalue weighted by molar-refractivity contribution is 6.22. The van der Waals surface area contributed by atoms with Crippen LogP contribution < -0.4 is 10.6 Å². The quantitative estimate of drug-likeness (QED) is 0.0772. The van der Waals surface area contributed by atoms with Gasteiger partial charge in [0.2, 0.25) is 5.91 Å². The summed E-state index contributed by atoms with van der Waals surface area (Å²) in [7, 11) is 2.02. The number of rotatable bonds is 14. The molecule has 0 bridgehead atoms. The average molecular weight is 618 g/mol. The van der Waals surface area contributed by atoms with E-state index in [2.05, 4.69) is 33.5 Å². The van der Waals surface area contributed by atoms with Crippen molar-refractivity contribution >= 4 is 39.8 Å². The molecule has 2 atom stereocenters. The molecule has 0 spiro atoms. The van der Waals surface area contributed by atoms with Gasteiger partial charge in [0.1, 0.15) is 17.6 Å². The fourth-order valence-electron chi connectivity index (χ4n) is 4.78. The number of aromatic hydroxyl groups is 1. The number of allylic oxidation sites excluding steroid dienone is 1. The number of pyridine rings is 1. The van der Waals surface area contributed by atoms with Gasteiger partial charge in [-0.1, -0.05) is 50.5 Å². The highest BCUT2D eigenvalue weighted by atomic mass is 35.5. The molecule has 230 valence electrons. The van der Waals surface area contributed by atoms with Crippen molar-refractivity contribution in [3.8, 4) is 11.8 Å². The number of halogens is 2. The molecule has 10 heteroatoms. The third kappa shape index (κ3) is 9.13. The first-order valence-electron chi connectivity index (χ1n) is 14.7. The average Bonchev–Trinajstić information content (AvgIpc) is 3.00. The zero-order chi connectivity index (χ0) is 31.5. The molecule has 0 fully saturated rings. The summed E-state index contributed by atoms with van der Waals surface area (Å²) >= 11 is 6.60. The Morgan fingerprint density at radius 1 is 1.27 bits per heavy atom. The van der Waals surface area contributed by atoms with Crippen molar-refractivity contribution < 1.29 is 19.0 Å². The van der Waals surface area contributed by atoms with Crippen molar-refractivity contribution in [3.05, 3.63) is 95.6 Å². The van der Waals surface area contributed by atoms with Crippen LogP contribution in [0.15, 0.2) is 78.7 Å². The number of hydrogen-bond donors (Lipinski definition) is 3. The molecule has 0 saturated carbocycles. The van der Waals surface area contributed by atoms with Gasteiger partial charge in [-0.2, -0.15) is 5.26 Å². The Balaban J connectivity index is 1.45. The number of phenols is 1. The number of amides is 1. The lowest BCUT2D eigenvalue weighted by molar-refractivity contribution is -0.111. The molecule has 2 aromatic carbocycles. The number of benzene rings is 2. The van der Waals surface area contributed by atoms with E-state index in [0.29, 0.717) is 34.4 Å². The molecule has 0 saturated heterocycles. The second kappa shape index (κ2) is 16.0. The minimum absolute atomic E-state index is 0.147. The fourth-order valence-corrected chi connectivity index (χ4v) is 5.07. The number of anilines is 2. The van der Waals surface area contributed by atoms with Crippen LogP contribution in [0.1, 0.15) is 43.7 Å². The Morgan fingerprint density at radius 3 is 2.86 bits per heavy atom. The summed E-state index contributed by atoms with van der Waals surface area (Å²) in [5, 5.41) is 26.4. The monoisotopic (exact) mass is 617 g/mol. The Bertz CT molecular complexity index is 1600. The molecule has 4 rings (SSSR count). The van der Waals surface area contributed by atoms with Crippen LogP contribution in [0.2, 0.25) is 0 Å². The first kappa shape index (κ1) is 32.7. The Morgan fingerprint density at radius 2 is 2.11 bits per heavy atom. The molecular formula is C34H37ClFN5O3. The predicted molar refractivity (Wildman–Crippen MR) is 173 cm³/mol. The van der Waals surface area contributed by atoms with Gasteiger partial charge in [-0.25, -0.2) is 4.39 Å². The standard InChI is InChI=1S/C34H37ClFN5O3/c1-3-4-5-6-14-41(2)15-8-11-33(43)40-30-18-27-29(19-31(30)42)38-21-24(20-37)34(27)39-26-12-13-32(28(35)17-26)44-22-23-9-7-10-25(36)16-23/h7-13,16-19,21,28,32,42H,3-6,14-15,22H2,1-2H3,(H,38,39)(H,40,43)/b11-8+. The summed E-state index contributed by atoms with van der Waals surface area (Å²) in [5.74, 6) is -0.864. The van der Waals surface area contributed by atoms with E-state index >= 15 is 0 Å². The normalized spacial score (nSPS) is 16.3. The number of carbonyl (C=O) groups excluding carboxylic acids is 1. The van der Waals surface area contributed by atoms with Crippen molar-refractivity contribution in [3.63, 3.8) is 0 Å². The smallest absolute Gasteiger partial charge is 0.248 e. The lowest BCUT2D eigenvalue weighted by atomic mass is 10.1. The van der Waals surface area contributed by atoms with Gasteiger partial charge in [0.15, 0.2) is 0 Å². The Labute approximate surface area is 262 Å². The minimum atomic E-state index is -0.532. The van der Waals surface area contributed by atoms with Crippen LogP contribution in [0.5, 0.6) is 5.75 Å². The lowest BCUT2D eigenvalue weighted by Gasteiger charge is -2.23. The minimum Gasteiger partial charge on any atom is -0.506 e. The van der Waals surface area contributed by atoms with Gasteiger partial charge in [0, 0.05) is 36.0 Å². The maximum absolute atomic E-state index is 13.5. The van der Waals surface area contributed by atoms with Gasteiger partial charge >= 0.3 is 0 Å². The highest BCUT2D eigenvalue weighted by Gasteiger charge is 2.21. The van der Waals surface area contributed by atoms with E-state index in [9.17, 15) is 19.6 Å². The Hall–Kier alpha value is -4.23. The molecule has 3 aromatic rings. The number of ether oxygens (including phenoxy) is 1. The third-order valence-electron chi connectivity index (χ3n) is 7.16. The van der Waals surface area contributed by atoms with Gasteiger partial charge in [0.05, 0.1) is 40.5 Å². The van der Waals surface area contributed by atoms with E-state index in [1.54, 1.807) is 42.5 Å². The van der Waals surface area contributed by atoms with Gasteiger partial charge < -0.3 is 25.4 Å². The molecule has 1 aliphatic rings. The maximum atomic E-state index is 13.5. The van der Waals surface area contributed by atoms with Crippen LogP contribution in [-0.2, 0) is 16.1 Å². The number of nitrogens with zero attached hydrogens (tertiary/aromatic N) is 3. The van der Waals surface area contributed by atoms with Crippen molar-refractivity contribution in [1.82, 2.24) is 9.88 Å². The second-order valence-corrected chi connectivity index (χ2v) is 11.2. The van der Waals surface area contributed by atoms with Crippen molar-refractivity contribution in [2.45, 2.75) is 50.7 Å². The van der Waals surface area contributed by atoms with Crippen molar-refractivity contribution in [2.24, 2.45) is 0 Å².